The topological polar surface area (TPSA) is 49.7 Å². The van der Waals surface area contributed by atoms with Gasteiger partial charge in [-0.3, -0.25) is 0 Å². The van der Waals surface area contributed by atoms with Gasteiger partial charge in [-0.05, 0) is 43.2 Å². The highest BCUT2D eigenvalue weighted by Gasteiger charge is 2.42. The Kier molecular flexibility index (Phi) is 4.23. The molecule has 2 aliphatic rings. The van der Waals surface area contributed by atoms with Crippen LogP contribution in [0.1, 0.15) is 29.5 Å². The number of alkyl halides is 6. The molecule has 0 unspecified atom stereocenters. The average molecular weight is 434 g/mol. The van der Waals surface area contributed by atoms with E-state index in [1.165, 1.54) is 24.3 Å². The molecule has 0 bridgehead atoms. The number of rotatable bonds is 2. The van der Waals surface area contributed by atoms with Crippen molar-refractivity contribution < 1.29 is 34.8 Å². The molecule has 0 radical (unpaired) electrons. The Morgan fingerprint density at radius 2 is 1.45 bits per heavy atom. The molecule has 11 heteroatoms. The highest BCUT2D eigenvalue weighted by Crippen LogP contribution is 2.42. The summed E-state index contributed by atoms with van der Waals surface area (Å²) in [4.78, 5) is 1.03. The van der Waals surface area contributed by atoms with Crippen molar-refractivity contribution in [3.63, 3.8) is 0 Å². The molecule has 1 aliphatic carbocycles. The number of fused-ring (bicyclic) bond motifs is 1. The highest BCUT2D eigenvalue weighted by atomic mass is 32.2. The number of hydrogen-bond donors (Lipinski definition) is 0. The normalized spacial score (nSPS) is 18.3. The molecule has 2 aromatic rings. The van der Waals surface area contributed by atoms with E-state index in [0.717, 1.165) is 4.90 Å². The fourth-order valence-corrected chi connectivity index (χ4v) is 4.38. The molecule has 4 nitrogen and oxygen atoms in total. The van der Waals surface area contributed by atoms with Crippen molar-refractivity contribution in [3.8, 4) is 0 Å². The zero-order chi connectivity index (χ0) is 21.2. The van der Waals surface area contributed by atoms with Crippen LogP contribution in [0.5, 0.6) is 0 Å². The monoisotopic (exact) mass is 434 g/mol. The van der Waals surface area contributed by atoms with Crippen LogP contribution in [0.2, 0.25) is 0 Å². The molecule has 0 aromatic heterocycles. The summed E-state index contributed by atoms with van der Waals surface area (Å²) in [5.74, 6) is -0.171. The first-order valence-corrected chi connectivity index (χ1v) is 9.85. The van der Waals surface area contributed by atoms with Crippen LogP contribution in [0.4, 0.5) is 32.0 Å². The SMILES string of the molecule is O=S1(=O)N=C(N(c2cc(C(F)(F)F)cc(C(F)(F)F)c2)C2CC2)c2ccccc21. The smallest absolute Gasteiger partial charge is 0.322 e. The lowest BCUT2D eigenvalue weighted by molar-refractivity contribution is -0.143. The fourth-order valence-electron chi connectivity index (χ4n) is 3.18. The second-order valence-corrected chi connectivity index (χ2v) is 8.32. The summed E-state index contributed by atoms with van der Waals surface area (Å²) in [6.07, 6.45) is -9.04. The number of amidine groups is 1. The molecule has 1 fully saturated rings. The molecule has 0 saturated heterocycles. The van der Waals surface area contributed by atoms with Crippen molar-refractivity contribution in [1.82, 2.24) is 0 Å². The third kappa shape index (κ3) is 3.59. The van der Waals surface area contributed by atoms with Crippen molar-refractivity contribution in [2.45, 2.75) is 36.1 Å². The van der Waals surface area contributed by atoms with E-state index in [2.05, 4.69) is 4.40 Å². The molecule has 154 valence electrons. The van der Waals surface area contributed by atoms with Crippen LogP contribution < -0.4 is 4.90 Å². The minimum atomic E-state index is -5.01. The molecule has 0 amide bonds. The molecular weight excluding hydrogens is 422 g/mol. The zero-order valence-corrected chi connectivity index (χ0v) is 15.2. The zero-order valence-electron chi connectivity index (χ0n) is 14.4. The second kappa shape index (κ2) is 6.22. The van der Waals surface area contributed by atoms with Crippen LogP contribution in [0.3, 0.4) is 0 Å². The van der Waals surface area contributed by atoms with Crippen LogP contribution in [-0.2, 0) is 22.4 Å². The number of hydrogen-bond acceptors (Lipinski definition) is 3. The maximum absolute atomic E-state index is 13.2. The van der Waals surface area contributed by atoms with Gasteiger partial charge in [0.2, 0.25) is 0 Å². The molecule has 2 aromatic carbocycles. The van der Waals surface area contributed by atoms with Gasteiger partial charge < -0.3 is 4.90 Å². The van der Waals surface area contributed by atoms with Crippen LogP contribution in [-0.4, -0.2) is 20.3 Å². The van der Waals surface area contributed by atoms with E-state index >= 15 is 0 Å². The summed E-state index contributed by atoms with van der Waals surface area (Å²) in [6.45, 7) is 0. The summed E-state index contributed by atoms with van der Waals surface area (Å²) in [7, 11) is -4.09. The van der Waals surface area contributed by atoms with Gasteiger partial charge in [-0.25, -0.2) is 0 Å². The molecule has 4 rings (SSSR count). The van der Waals surface area contributed by atoms with Gasteiger partial charge in [0.05, 0.1) is 11.1 Å². The van der Waals surface area contributed by atoms with Crippen molar-refractivity contribution >= 4 is 21.5 Å². The minimum absolute atomic E-state index is 0.0374. The summed E-state index contributed by atoms with van der Waals surface area (Å²) >= 11 is 0. The van der Waals surface area contributed by atoms with Gasteiger partial charge in [-0.2, -0.15) is 34.8 Å². The maximum atomic E-state index is 13.2. The Hall–Kier alpha value is -2.56. The molecule has 0 spiro atoms. The van der Waals surface area contributed by atoms with E-state index in [9.17, 15) is 34.8 Å². The van der Waals surface area contributed by atoms with Gasteiger partial charge in [-0.1, -0.05) is 12.1 Å². The lowest BCUT2D eigenvalue weighted by atomic mass is 10.1. The summed E-state index contributed by atoms with van der Waals surface area (Å²) in [5, 5.41) is 0. The highest BCUT2D eigenvalue weighted by molar-refractivity contribution is 7.90. The summed E-state index contributed by atoms with van der Waals surface area (Å²) < 4.78 is 108. The van der Waals surface area contributed by atoms with Crippen molar-refractivity contribution in [1.29, 1.82) is 0 Å². The van der Waals surface area contributed by atoms with E-state index in [-0.39, 0.29) is 22.4 Å². The summed E-state index contributed by atoms with van der Waals surface area (Å²) in [6, 6.07) is 6.46. The van der Waals surface area contributed by atoms with Gasteiger partial charge in [-0.15, -0.1) is 4.40 Å². The van der Waals surface area contributed by atoms with Gasteiger partial charge >= 0.3 is 12.4 Å². The van der Waals surface area contributed by atoms with Crippen molar-refractivity contribution in [2.75, 3.05) is 4.90 Å². The number of nitrogens with zero attached hydrogens (tertiary/aromatic N) is 2. The Morgan fingerprint density at radius 1 is 0.897 bits per heavy atom. The maximum Gasteiger partial charge on any atom is 0.416 e. The van der Waals surface area contributed by atoms with E-state index in [4.69, 9.17) is 0 Å². The Labute approximate surface area is 161 Å². The number of sulfonamides is 1. The van der Waals surface area contributed by atoms with Gasteiger partial charge in [0.25, 0.3) is 10.0 Å². The van der Waals surface area contributed by atoms with Gasteiger partial charge in [0.1, 0.15) is 4.90 Å². The number of benzene rings is 2. The van der Waals surface area contributed by atoms with E-state index in [1.807, 2.05) is 0 Å². The first-order chi connectivity index (χ1) is 13.4. The first-order valence-electron chi connectivity index (χ1n) is 8.41. The standard InChI is InChI=1S/C18H12F6N2O2S/c19-17(20,21)10-7-11(18(22,23)24)9-13(8-10)26(12-5-6-12)16-14-3-1-2-4-15(14)29(27,28)25-16/h1-4,7-9,12H,5-6H2. The first kappa shape index (κ1) is 19.7. The third-order valence-corrected chi connectivity index (χ3v) is 5.93. The molecule has 0 atom stereocenters. The van der Waals surface area contributed by atoms with E-state index in [1.54, 1.807) is 0 Å². The molecule has 29 heavy (non-hydrogen) atoms. The fraction of sp³-hybridized carbons (Fsp3) is 0.278. The lowest BCUT2D eigenvalue weighted by Crippen LogP contribution is -2.33. The molecular formula is C18H12F6N2O2S. The number of anilines is 1. The Bertz CT molecular complexity index is 1090. The largest absolute Gasteiger partial charge is 0.416 e. The van der Waals surface area contributed by atoms with Crippen LogP contribution in [0.15, 0.2) is 51.8 Å². The van der Waals surface area contributed by atoms with Gasteiger partial charge in [0, 0.05) is 17.3 Å². The predicted molar refractivity (Wildman–Crippen MR) is 92.1 cm³/mol. The quantitative estimate of drug-likeness (QED) is 0.636. The average Bonchev–Trinajstić information content (AvgIpc) is 3.40. The van der Waals surface area contributed by atoms with Crippen LogP contribution in [0.25, 0.3) is 0 Å². The molecule has 1 aliphatic heterocycles. The summed E-state index contributed by atoms with van der Waals surface area (Å²) in [5.41, 5.74) is -3.20. The molecule has 1 saturated carbocycles. The van der Waals surface area contributed by atoms with Crippen LogP contribution in [0, 0.1) is 0 Å². The van der Waals surface area contributed by atoms with Crippen molar-refractivity contribution in [3.05, 3.63) is 59.2 Å². The third-order valence-electron chi connectivity index (χ3n) is 4.60. The molecule has 0 N–H and O–H groups in total. The Morgan fingerprint density at radius 3 is 1.97 bits per heavy atom. The lowest BCUT2D eigenvalue weighted by Gasteiger charge is -2.26. The second-order valence-electron chi connectivity index (χ2n) is 6.75. The predicted octanol–water partition coefficient (Wildman–Crippen LogP) is 4.84. The minimum Gasteiger partial charge on any atom is -0.322 e. The van der Waals surface area contributed by atoms with E-state index < -0.39 is 45.2 Å². The van der Waals surface area contributed by atoms with Crippen LogP contribution >= 0.6 is 0 Å². The number of halogens is 6. The van der Waals surface area contributed by atoms with Gasteiger partial charge in [0.15, 0.2) is 5.84 Å². The van der Waals surface area contributed by atoms with E-state index in [0.29, 0.717) is 25.0 Å². The van der Waals surface area contributed by atoms with Crippen molar-refractivity contribution in [2.24, 2.45) is 4.40 Å². The molecule has 1 heterocycles. The Balaban J connectivity index is 1.93.